The van der Waals surface area contributed by atoms with Crippen molar-refractivity contribution in [3.05, 3.63) is 47.5 Å². The number of aromatic nitrogens is 2. The largest absolute Gasteiger partial charge is 0.348 e. The van der Waals surface area contributed by atoms with Gasteiger partial charge in [-0.2, -0.15) is 0 Å². The molecular weight excluding hydrogens is 345 g/mol. The number of amides is 1. The number of anilines is 2. The third kappa shape index (κ3) is 4.30. The lowest BCUT2D eigenvalue weighted by atomic mass is 10.1. The van der Waals surface area contributed by atoms with Gasteiger partial charge in [0.05, 0.1) is 5.69 Å². The zero-order valence-corrected chi connectivity index (χ0v) is 14.1. The summed E-state index contributed by atoms with van der Waals surface area (Å²) in [6, 6.07) is 3.39. The maximum absolute atomic E-state index is 13.7. The summed E-state index contributed by atoms with van der Waals surface area (Å²) < 4.78 is 40.0. The molecule has 3 rings (SSSR count). The average molecular weight is 364 g/mol. The smallest absolute Gasteiger partial charge is 0.270 e. The minimum Gasteiger partial charge on any atom is -0.348 e. The molecule has 2 N–H and O–H groups in total. The van der Waals surface area contributed by atoms with Crippen molar-refractivity contribution in [2.24, 2.45) is 0 Å². The summed E-state index contributed by atoms with van der Waals surface area (Å²) >= 11 is 0. The van der Waals surface area contributed by atoms with Gasteiger partial charge in [-0.1, -0.05) is 25.7 Å². The first kappa shape index (κ1) is 18.2. The van der Waals surface area contributed by atoms with E-state index in [1.807, 2.05) is 0 Å². The average Bonchev–Trinajstić information content (AvgIpc) is 2.91. The molecule has 2 aromatic rings. The quantitative estimate of drug-likeness (QED) is 0.633. The van der Waals surface area contributed by atoms with Crippen molar-refractivity contribution in [2.75, 3.05) is 5.32 Å². The number of hydrogen-bond donors (Lipinski definition) is 2. The zero-order chi connectivity index (χ0) is 18.5. The second kappa shape index (κ2) is 8.16. The van der Waals surface area contributed by atoms with E-state index in [0.29, 0.717) is 0 Å². The first-order valence-electron chi connectivity index (χ1n) is 8.59. The first-order valence-corrected chi connectivity index (χ1v) is 8.59. The molecule has 0 unspecified atom stereocenters. The molecule has 8 heteroatoms. The Kier molecular flexibility index (Phi) is 5.70. The van der Waals surface area contributed by atoms with Gasteiger partial charge in [-0.25, -0.2) is 23.1 Å². The lowest BCUT2D eigenvalue weighted by molar-refractivity contribution is 0.0928. The Morgan fingerprint density at radius 3 is 2.46 bits per heavy atom. The molecule has 0 radical (unpaired) electrons. The maximum Gasteiger partial charge on any atom is 0.270 e. The molecule has 1 fully saturated rings. The highest BCUT2D eigenvalue weighted by Gasteiger charge is 2.18. The molecule has 26 heavy (non-hydrogen) atoms. The van der Waals surface area contributed by atoms with Gasteiger partial charge in [0.25, 0.3) is 5.91 Å². The molecule has 1 heterocycles. The molecule has 1 aliphatic carbocycles. The van der Waals surface area contributed by atoms with Gasteiger partial charge in [0.2, 0.25) is 5.95 Å². The van der Waals surface area contributed by atoms with Crippen molar-refractivity contribution in [2.45, 2.75) is 44.6 Å². The fraction of sp³-hybridized carbons (Fsp3) is 0.389. The van der Waals surface area contributed by atoms with Gasteiger partial charge in [0, 0.05) is 12.2 Å². The molecule has 0 aliphatic heterocycles. The summed E-state index contributed by atoms with van der Waals surface area (Å²) in [5, 5.41) is 5.42. The maximum atomic E-state index is 13.7. The van der Waals surface area contributed by atoms with Gasteiger partial charge < -0.3 is 10.6 Å². The van der Waals surface area contributed by atoms with Gasteiger partial charge in [-0.15, -0.1) is 0 Å². The number of nitrogens with one attached hydrogen (secondary N) is 2. The SMILES string of the molecule is O=C(NC1CCCCCC1)c1ccnc(Nc2ccc(F)c(F)c2F)n1. The molecule has 1 saturated carbocycles. The van der Waals surface area contributed by atoms with Crippen LogP contribution in [0.3, 0.4) is 0 Å². The van der Waals surface area contributed by atoms with Gasteiger partial charge >= 0.3 is 0 Å². The van der Waals surface area contributed by atoms with Crippen LogP contribution >= 0.6 is 0 Å². The number of rotatable bonds is 4. The summed E-state index contributed by atoms with van der Waals surface area (Å²) in [4.78, 5) is 20.3. The summed E-state index contributed by atoms with van der Waals surface area (Å²) in [6.45, 7) is 0. The van der Waals surface area contributed by atoms with E-state index in [-0.39, 0.29) is 29.3 Å². The molecule has 1 aliphatic rings. The minimum atomic E-state index is -1.59. The van der Waals surface area contributed by atoms with Crippen LogP contribution in [0.1, 0.15) is 49.0 Å². The lowest BCUT2D eigenvalue weighted by Crippen LogP contribution is -2.35. The highest BCUT2D eigenvalue weighted by molar-refractivity contribution is 5.92. The van der Waals surface area contributed by atoms with E-state index >= 15 is 0 Å². The van der Waals surface area contributed by atoms with Gasteiger partial charge in [-0.3, -0.25) is 4.79 Å². The number of hydrogen-bond acceptors (Lipinski definition) is 4. The van der Waals surface area contributed by atoms with E-state index in [2.05, 4.69) is 20.6 Å². The first-order chi connectivity index (χ1) is 12.5. The predicted octanol–water partition coefficient (Wildman–Crippen LogP) is 4.09. The van der Waals surface area contributed by atoms with E-state index in [1.54, 1.807) is 0 Å². The van der Waals surface area contributed by atoms with E-state index < -0.39 is 17.5 Å². The number of benzene rings is 1. The van der Waals surface area contributed by atoms with E-state index in [1.165, 1.54) is 25.1 Å². The van der Waals surface area contributed by atoms with Crippen molar-refractivity contribution in [3.63, 3.8) is 0 Å². The van der Waals surface area contributed by atoms with Crippen molar-refractivity contribution in [3.8, 4) is 0 Å². The summed E-state index contributed by atoms with van der Waals surface area (Å²) in [7, 11) is 0. The fourth-order valence-corrected chi connectivity index (χ4v) is 2.97. The van der Waals surface area contributed by atoms with Crippen molar-refractivity contribution >= 4 is 17.5 Å². The van der Waals surface area contributed by atoms with Crippen molar-refractivity contribution in [1.82, 2.24) is 15.3 Å². The summed E-state index contributed by atoms with van der Waals surface area (Å²) in [6.07, 6.45) is 7.72. The Labute approximate surface area is 149 Å². The van der Waals surface area contributed by atoms with Crippen LogP contribution in [-0.2, 0) is 0 Å². The van der Waals surface area contributed by atoms with Crippen LogP contribution in [-0.4, -0.2) is 21.9 Å². The minimum absolute atomic E-state index is 0.0802. The highest BCUT2D eigenvalue weighted by atomic mass is 19.2. The van der Waals surface area contributed by atoms with Crippen molar-refractivity contribution < 1.29 is 18.0 Å². The molecule has 138 valence electrons. The van der Waals surface area contributed by atoms with Crippen LogP contribution in [0.15, 0.2) is 24.4 Å². The van der Waals surface area contributed by atoms with Crippen LogP contribution < -0.4 is 10.6 Å². The van der Waals surface area contributed by atoms with Crippen LogP contribution in [0.4, 0.5) is 24.8 Å². The number of carbonyl (C=O) groups excluding carboxylic acids is 1. The molecule has 1 amide bonds. The second-order valence-electron chi connectivity index (χ2n) is 6.28. The van der Waals surface area contributed by atoms with Crippen molar-refractivity contribution in [1.29, 1.82) is 0 Å². The second-order valence-corrected chi connectivity index (χ2v) is 6.28. The third-order valence-electron chi connectivity index (χ3n) is 4.36. The van der Waals surface area contributed by atoms with Crippen LogP contribution in [0.5, 0.6) is 0 Å². The molecular formula is C18H19F3N4O. The van der Waals surface area contributed by atoms with Crippen LogP contribution in [0.25, 0.3) is 0 Å². The Balaban J connectivity index is 1.71. The summed E-state index contributed by atoms with van der Waals surface area (Å²) in [5.41, 5.74) is -0.194. The molecule has 5 nitrogen and oxygen atoms in total. The summed E-state index contributed by atoms with van der Waals surface area (Å²) in [5.74, 6) is -4.67. The molecule has 1 aromatic heterocycles. The molecule has 0 spiro atoms. The Morgan fingerprint density at radius 2 is 1.73 bits per heavy atom. The topological polar surface area (TPSA) is 66.9 Å². The molecule has 0 atom stereocenters. The predicted molar refractivity (Wildman–Crippen MR) is 90.6 cm³/mol. The molecule has 0 bridgehead atoms. The van der Waals surface area contributed by atoms with Gasteiger partial charge in [-0.05, 0) is 31.0 Å². The number of carbonyl (C=O) groups is 1. The van der Waals surface area contributed by atoms with Crippen LogP contribution in [0, 0.1) is 17.5 Å². The number of halogens is 3. The van der Waals surface area contributed by atoms with E-state index in [9.17, 15) is 18.0 Å². The monoisotopic (exact) mass is 364 g/mol. The Bertz CT molecular complexity index is 792. The Hall–Kier alpha value is -2.64. The Morgan fingerprint density at radius 1 is 1.00 bits per heavy atom. The normalized spacial score (nSPS) is 15.3. The highest BCUT2D eigenvalue weighted by Crippen LogP contribution is 2.22. The van der Waals surface area contributed by atoms with E-state index in [4.69, 9.17) is 0 Å². The number of nitrogens with zero attached hydrogens (tertiary/aromatic N) is 2. The zero-order valence-electron chi connectivity index (χ0n) is 14.1. The standard InChI is InChI=1S/C18H19F3N4O/c19-12-7-8-13(16(21)15(12)20)24-18-22-10-9-14(25-18)17(26)23-11-5-3-1-2-4-6-11/h7-11H,1-6H2,(H,23,26)(H,22,24,25). The lowest BCUT2D eigenvalue weighted by Gasteiger charge is -2.16. The third-order valence-corrected chi connectivity index (χ3v) is 4.36. The fourth-order valence-electron chi connectivity index (χ4n) is 2.97. The van der Waals surface area contributed by atoms with Gasteiger partial charge in [0.15, 0.2) is 17.5 Å². The van der Waals surface area contributed by atoms with E-state index in [0.717, 1.165) is 37.8 Å². The molecule has 0 saturated heterocycles. The van der Waals surface area contributed by atoms with Crippen LogP contribution in [0.2, 0.25) is 0 Å². The molecule has 1 aromatic carbocycles. The van der Waals surface area contributed by atoms with Gasteiger partial charge in [0.1, 0.15) is 5.69 Å².